The molecule has 0 radical (unpaired) electrons. The highest BCUT2D eigenvalue weighted by Gasteiger charge is 2.37. The number of hydrogen-bond acceptors (Lipinski definition) is 6. The first-order valence-electron chi connectivity index (χ1n) is 9.93. The van der Waals surface area contributed by atoms with Gasteiger partial charge < -0.3 is 18.8 Å². The normalized spacial score (nSPS) is 19.3. The van der Waals surface area contributed by atoms with Crippen molar-refractivity contribution in [2.45, 2.75) is 89.2 Å². The molecular weight excluding hydrogens is 366 g/mol. The summed E-state index contributed by atoms with van der Waals surface area (Å²) < 4.78 is 31.9. The Labute approximate surface area is 167 Å². The molecule has 0 saturated carbocycles. The van der Waals surface area contributed by atoms with Gasteiger partial charge in [-0.3, -0.25) is 0 Å². The molecule has 1 aliphatic heterocycles. The highest BCUT2D eigenvalue weighted by molar-refractivity contribution is 7.90. The van der Waals surface area contributed by atoms with Crippen molar-refractivity contribution in [2.75, 3.05) is 20.3 Å². The zero-order valence-electron chi connectivity index (χ0n) is 17.5. The van der Waals surface area contributed by atoms with Crippen molar-refractivity contribution in [3.8, 4) is 0 Å². The largest absolute Gasteiger partial charge is 0.598 e. The van der Waals surface area contributed by atoms with E-state index in [1.165, 1.54) is 13.2 Å². The maximum Gasteiger partial charge on any atom is 0.330 e. The topological polar surface area (TPSA) is 79.9 Å². The summed E-state index contributed by atoms with van der Waals surface area (Å²) in [5.74, 6) is -0.908. The first-order chi connectivity index (χ1) is 12.7. The zero-order valence-corrected chi connectivity index (χ0v) is 18.4. The van der Waals surface area contributed by atoms with Crippen molar-refractivity contribution >= 4 is 17.3 Å². The summed E-state index contributed by atoms with van der Waals surface area (Å²) >= 11 is -1.19. The molecule has 1 heterocycles. The number of nitrogens with one attached hydrogen (secondary N) is 1. The predicted octanol–water partition coefficient (Wildman–Crippen LogP) is 3.63. The van der Waals surface area contributed by atoms with E-state index >= 15 is 0 Å². The SMILES string of the molecule is CCCCCC1(CC[C@@H](C/C=C/C(=O)OC)N[S@@+]([O-])C(C)(C)C)OCCO1. The van der Waals surface area contributed by atoms with Gasteiger partial charge in [0.1, 0.15) is 4.75 Å². The summed E-state index contributed by atoms with van der Waals surface area (Å²) in [6.45, 7) is 9.24. The molecular formula is C20H37NO5S. The number of ether oxygens (including phenoxy) is 3. The summed E-state index contributed by atoms with van der Waals surface area (Å²) in [5.41, 5.74) is 0. The van der Waals surface area contributed by atoms with Crippen molar-refractivity contribution in [1.82, 2.24) is 4.72 Å². The minimum Gasteiger partial charge on any atom is -0.598 e. The van der Waals surface area contributed by atoms with Crippen LogP contribution in [0, 0.1) is 0 Å². The second-order valence-electron chi connectivity index (χ2n) is 7.96. The van der Waals surface area contributed by atoms with E-state index in [0.717, 1.165) is 38.5 Å². The summed E-state index contributed by atoms with van der Waals surface area (Å²) in [6, 6.07) is -0.0400. The summed E-state index contributed by atoms with van der Waals surface area (Å²) in [7, 11) is 1.35. The average molecular weight is 404 g/mol. The standard InChI is InChI=1S/C20H37NO5S/c1-6-7-8-13-20(25-15-16-26-20)14-12-17(10-9-11-18(22)24-5)21-27(23)19(2,3)4/h9,11,17,21H,6-8,10,12-16H2,1-5H3/b11-9+/t17-,27+/m1/s1. The van der Waals surface area contributed by atoms with Gasteiger partial charge in [-0.15, -0.1) is 4.72 Å². The number of carbonyl (C=O) groups excluding carboxylic acids is 1. The summed E-state index contributed by atoms with van der Waals surface area (Å²) in [4.78, 5) is 11.3. The molecule has 0 unspecified atom stereocenters. The van der Waals surface area contributed by atoms with Crippen molar-refractivity contribution in [3.63, 3.8) is 0 Å². The fourth-order valence-corrected chi connectivity index (χ4v) is 3.77. The molecule has 0 spiro atoms. The second kappa shape index (κ2) is 12.1. The van der Waals surface area contributed by atoms with Crippen LogP contribution in [-0.2, 0) is 30.4 Å². The molecule has 7 heteroatoms. The maximum absolute atomic E-state index is 12.5. The van der Waals surface area contributed by atoms with Crippen LogP contribution in [0.1, 0.15) is 72.6 Å². The lowest BCUT2D eigenvalue weighted by atomic mass is 9.98. The Morgan fingerprint density at radius 2 is 1.96 bits per heavy atom. The average Bonchev–Trinajstić information content (AvgIpc) is 3.07. The van der Waals surface area contributed by atoms with E-state index in [2.05, 4.69) is 16.4 Å². The molecule has 0 amide bonds. The van der Waals surface area contributed by atoms with Crippen LogP contribution in [0.15, 0.2) is 12.2 Å². The van der Waals surface area contributed by atoms with Crippen LogP contribution in [-0.4, -0.2) is 47.4 Å². The lowest BCUT2D eigenvalue weighted by molar-refractivity contribution is -0.169. The van der Waals surface area contributed by atoms with Crippen LogP contribution in [0.3, 0.4) is 0 Å². The number of unbranched alkanes of at least 4 members (excludes halogenated alkanes) is 2. The summed E-state index contributed by atoms with van der Waals surface area (Å²) in [6.07, 6.45) is 9.52. The number of carbonyl (C=O) groups is 1. The van der Waals surface area contributed by atoms with Gasteiger partial charge in [0.15, 0.2) is 5.79 Å². The van der Waals surface area contributed by atoms with Crippen LogP contribution in [0.25, 0.3) is 0 Å². The quantitative estimate of drug-likeness (QED) is 0.232. The Morgan fingerprint density at radius 3 is 2.52 bits per heavy atom. The fraction of sp³-hybridized carbons (Fsp3) is 0.850. The molecule has 1 aliphatic rings. The van der Waals surface area contributed by atoms with Crippen LogP contribution >= 0.6 is 0 Å². The number of esters is 1. The van der Waals surface area contributed by atoms with Crippen LogP contribution in [0.4, 0.5) is 0 Å². The first kappa shape index (κ1) is 24.4. The molecule has 2 atom stereocenters. The molecule has 1 fully saturated rings. The molecule has 0 bridgehead atoms. The van der Waals surface area contributed by atoms with Gasteiger partial charge in [0, 0.05) is 30.3 Å². The third-order valence-corrected chi connectivity index (χ3v) is 6.21. The Balaban J connectivity index is 2.69. The number of hydrogen-bond donors (Lipinski definition) is 1. The van der Waals surface area contributed by atoms with Crippen LogP contribution < -0.4 is 4.72 Å². The van der Waals surface area contributed by atoms with Crippen LogP contribution in [0.2, 0.25) is 0 Å². The van der Waals surface area contributed by atoms with E-state index in [1.54, 1.807) is 6.08 Å². The van der Waals surface area contributed by atoms with Gasteiger partial charge in [-0.2, -0.15) is 0 Å². The molecule has 0 aliphatic carbocycles. The maximum atomic E-state index is 12.5. The van der Waals surface area contributed by atoms with E-state index in [-0.39, 0.29) is 16.8 Å². The number of methoxy groups -OCH3 is 1. The van der Waals surface area contributed by atoms with Crippen molar-refractivity contribution in [2.24, 2.45) is 0 Å². The minimum atomic E-state index is -1.19. The highest BCUT2D eigenvalue weighted by atomic mass is 32.2. The van der Waals surface area contributed by atoms with Gasteiger partial charge in [0.25, 0.3) is 0 Å². The molecule has 0 aromatic heterocycles. The third-order valence-electron chi connectivity index (χ3n) is 4.55. The van der Waals surface area contributed by atoms with Crippen molar-refractivity contribution in [1.29, 1.82) is 0 Å². The predicted molar refractivity (Wildman–Crippen MR) is 109 cm³/mol. The van der Waals surface area contributed by atoms with E-state index in [0.29, 0.717) is 19.6 Å². The monoisotopic (exact) mass is 403 g/mol. The number of rotatable bonds is 12. The Kier molecular flexibility index (Phi) is 10.9. The first-order valence-corrected chi connectivity index (χ1v) is 11.1. The van der Waals surface area contributed by atoms with Crippen molar-refractivity contribution in [3.05, 3.63) is 12.2 Å². The fourth-order valence-electron chi connectivity index (χ4n) is 2.90. The van der Waals surface area contributed by atoms with E-state index < -0.39 is 17.1 Å². The third kappa shape index (κ3) is 9.43. The van der Waals surface area contributed by atoms with Crippen LogP contribution in [0.5, 0.6) is 0 Å². The Hall–Kier alpha value is -0.600. The van der Waals surface area contributed by atoms with Crippen molar-refractivity contribution < 1.29 is 23.6 Å². The van der Waals surface area contributed by atoms with Gasteiger partial charge >= 0.3 is 5.97 Å². The van der Waals surface area contributed by atoms with Gasteiger partial charge in [0.05, 0.1) is 26.4 Å². The molecule has 1 rings (SSSR count). The van der Waals surface area contributed by atoms with E-state index in [9.17, 15) is 9.35 Å². The highest BCUT2D eigenvalue weighted by Crippen LogP contribution is 2.32. The molecule has 1 saturated heterocycles. The van der Waals surface area contributed by atoms with Gasteiger partial charge in [-0.25, -0.2) is 4.79 Å². The smallest absolute Gasteiger partial charge is 0.330 e. The summed E-state index contributed by atoms with van der Waals surface area (Å²) in [5, 5.41) is 0. The Morgan fingerprint density at radius 1 is 1.30 bits per heavy atom. The Bertz CT molecular complexity index is 458. The lowest BCUT2D eigenvalue weighted by Crippen LogP contribution is -2.45. The molecule has 158 valence electrons. The molecule has 0 aromatic rings. The second-order valence-corrected chi connectivity index (χ2v) is 9.96. The van der Waals surface area contributed by atoms with E-state index in [1.807, 2.05) is 20.8 Å². The van der Waals surface area contributed by atoms with Gasteiger partial charge in [-0.1, -0.05) is 25.8 Å². The molecule has 6 nitrogen and oxygen atoms in total. The zero-order chi connectivity index (χ0) is 20.3. The molecule has 0 aromatic carbocycles. The van der Waals surface area contributed by atoms with Gasteiger partial charge in [0.2, 0.25) is 0 Å². The molecule has 27 heavy (non-hydrogen) atoms. The molecule has 1 N–H and O–H groups in total. The van der Waals surface area contributed by atoms with E-state index in [4.69, 9.17) is 9.47 Å². The lowest BCUT2D eigenvalue weighted by Gasteiger charge is -2.31. The minimum absolute atomic E-state index is 0.0400. The van der Waals surface area contributed by atoms with Gasteiger partial charge in [-0.05, 0) is 40.0 Å².